The molecule has 1 fully saturated rings. The van der Waals surface area contributed by atoms with Crippen LogP contribution in [0.25, 0.3) is 0 Å². The highest BCUT2D eigenvalue weighted by Gasteiger charge is 2.27. The molecular formula is C21H31F2IN6. The van der Waals surface area contributed by atoms with E-state index in [1.807, 2.05) is 36.9 Å². The maximum absolute atomic E-state index is 14.3. The lowest BCUT2D eigenvalue weighted by Gasteiger charge is -2.28. The van der Waals surface area contributed by atoms with Crippen LogP contribution in [0.1, 0.15) is 23.6 Å². The zero-order chi connectivity index (χ0) is 21.0. The van der Waals surface area contributed by atoms with Gasteiger partial charge in [-0.3, -0.25) is 9.67 Å². The maximum Gasteiger partial charge on any atom is 0.193 e. The van der Waals surface area contributed by atoms with Crippen molar-refractivity contribution in [1.82, 2.24) is 24.9 Å². The van der Waals surface area contributed by atoms with Crippen LogP contribution in [0.4, 0.5) is 8.78 Å². The van der Waals surface area contributed by atoms with Gasteiger partial charge >= 0.3 is 0 Å². The lowest BCUT2D eigenvalue weighted by molar-refractivity contribution is 0.280. The normalized spacial score (nSPS) is 17.9. The number of likely N-dealkylation sites (tertiary alicyclic amines) is 1. The number of rotatable bonds is 6. The first-order chi connectivity index (χ1) is 13.9. The number of nitrogens with zero attached hydrogens (tertiary/aromatic N) is 5. The molecule has 1 aromatic carbocycles. The Morgan fingerprint density at radius 3 is 2.60 bits per heavy atom. The average Bonchev–Trinajstić information content (AvgIpc) is 3.29. The summed E-state index contributed by atoms with van der Waals surface area (Å²) < 4.78 is 30.4. The number of hydrogen-bond acceptors (Lipinski definition) is 3. The van der Waals surface area contributed by atoms with Crippen molar-refractivity contribution in [1.29, 1.82) is 0 Å². The van der Waals surface area contributed by atoms with Gasteiger partial charge in [-0.25, -0.2) is 8.78 Å². The zero-order valence-electron chi connectivity index (χ0n) is 18.0. The summed E-state index contributed by atoms with van der Waals surface area (Å²) in [5.41, 5.74) is 1.32. The van der Waals surface area contributed by atoms with Gasteiger partial charge in [-0.05, 0) is 50.6 Å². The fourth-order valence-electron chi connectivity index (χ4n) is 3.99. The van der Waals surface area contributed by atoms with E-state index in [0.717, 1.165) is 31.9 Å². The molecule has 2 unspecified atom stereocenters. The average molecular weight is 532 g/mol. The molecule has 0 spiro atoms. The number of aliphatic imine (C=N–C) groups is 1. The highest BCUT2D eigenvalue weighted by molar-refractivity contribution is 14.0. The minimum Gasteiger partial charge on any atom is -0.354 e. The van der Waals surface area contributed by atoms with Crippen LogP contribution in [0.2, 0.25) is 0 Å². The van der Waals surface area contributed by atoms with Crippen molar-refractivity contribution in [3.8, 4) is 0 Å². The van der Waals surface area contributed by atoms with Crippen LogP contribution in [0.5, 0.6) is 0 Å². The van der Waals surface area contributed by atoms with Crippen LogP contribution in [0.3, 0.4) is 0 Å². The molecule has 2 atom stereocenters. The van der Waals surface area contributed by atoms with Gasteiger partial charge < -0.3 is 15.1 Å². The number of guanidine groups is 1. The molecule has 1 aliphatic heterocycles. The predicted molar refractivity (Wildman–Crippen MR) is 126 cm³/mol. The Labute approximate surface area is 194 Å². The van der Waals surface area contributed by atoms with E-state index in [1.165, 1.54) is 23.8 Å². The third-order valence-corrected chi connectivity index (χ3v) is 5.49. The number of aromatic nitrogens is 2. The molecule has 6 nitrogen and oxygen atoms in total. The molecule has 30 heavy (non-hydrogen) atoms. The lowest BCUT2D eigenvalue weighted by Crippen LogP contribution is -2.43. The van der Waals surface area contributed by atoms with E-state index in [1.54, 1.807) is 7.05 Å². The van der Waals surface area contributed by atoms with Crippen molar-refractivity contribution in [2.45, 2.75) is 18.9 Å². The summed E-state index contributed by atoms with van der Waals surface area (Å²) in [5, 5.41) is 7.56. The Hall–Kier alpha value is -1.75. The van der Waals surface area contributed by atoms with Crippen LogP contribution in [-0.2, 0) is 13.5 Å². The summed E-state index contributed by atoms with van der Waals surface area (Å²) in [6, 6.07) is 3.54. The first-order valence-corrected chi connectivity index (χ1v) is 9.92. The van der Waals surface area contributed by atoms with Gasteiger partial charge in [-0.2, -0.15) is 5.10 Å². The molecule has 3 rings (SSSR count). The fourth-order valence-corrected chi connectivity index (χ4v) is 3.99. The van der Waals surface area contributed by atoms with Crippen molar-refractivity contribution < 1.29 is 8.78 Å². The number of likely N-dealkylation sites (N-methyl/N-ethyl adjacent to an activating group) is 1. The van der Waals surface area contributed by atoms with E-state index in [2.05, 4.69) is 26.5 Å². The molecule has 0 aliphatic carbocycles. The topological polar surface area (TPSA) is 48.7 Å². The lowest BCUT2D eigenvalue weighted by atomic mass is 10.0. The van der Waals surface area contributed by atoms with Gasteiger partial charge in [-0.1, -0.05) is 6.07 Å². The molecule has 1 saturated heterocycles. The molecule has 2 heterocycles. The third kappa shape index (κ3) is 5.90. The van der Waals surface area contributed by atoms with E-state index in [4.69, 9.17) is 0 Å². The Kier molecular flexibility index (Phi) is 9.02. The standard InChI is InChI=1S/C21H30F2N6.HI/c1-24-21(29-9-8-15(14-29)10-16-11-26-28(4)13-16)25-12-19(27(2)3)20-17(22)6-5-7-18(20)23;/h5-7,11,13,15,19H,8-10,12,14H2,1-4H3,(H,24,25);1H. The van der Waals surface area contributed by atoms with E-state index in [-0.39, 0.29) is 29.5 Å². The maximum atomic E-state index is 14.3. The zero-order valence-corrected chi connectivity index (χ0v) is 20.3. The molecule has 1 aliphatic rings. The van der Waals surface area contributed by atoms with Crippen molar-refractivity contribution in [3.63, 3.8) is 0 Å². The number of benzene rings is 1. The summed E-state index contributed by atoms with van der Waals surface area (Å²) in [5.74, 6) is 0.241. The quantitative estimate of drug-likeness (QED) is 0.353. The van der Waals surface area contributed by atoms with E-state index >= 15 is 0 Å². The molecule has 166 valence electrons. The Morgan fingerprint density at radius 2 is 2.03 bits per heavy atom. The molecule has 9 heteroatoms. The molecule has 0 bridgehead atoms. The summed E-state index contributed by atoms with van der Waals surface area (Å²) >= 11 is 0. The molecule has 0 radical (unpaired) electrons. The summed E-state index contributed by atoms with van der Waals surface area (Å²) in [7, 11) is 7.31. The molecule has 0 amide bonds. The van der Waals surface area contributed by atoms with Crippen LogP contribution >= 0.6 is 24.0 Å². The Bertz CT molecular complexity index is 834. The minimum atomic E-state index is -0.529. The van der Waals surface area contributed by atoms with Gasteiger partial charge in [0.1, 0.15) is 11.6 Å². The van der Waals surface area contributed by atoms with Gasteiger partial charge in [-0.15, -0.1) is 24.0 Å². The second-order valence-corrected chi connectivity index (χ2v) is 7.87. The Morgan fingerprint density at radius 1 is 1.33 bits per heavy atom. The fraction of sp³-hybridized carbons (Fsp3) is 0.524. The molecule has 1 aromatic heterocycles. The van der Waals surface area contributed by atoms with Gasteiger partial charge in [0, 0.05) is 45.5 Å². The van der Waals surface area contributed by atoms with Crippen LogP contribution in [-0.4, -0.2) is 66.3 Å². The summed E-state index contributed by atoms with van der Waals surface area (Å²) in [4.78, 5) is 8.42. The largest absolute Gasteiger partial charge is 0.354 e. The highest BCUT2D eigenvalue weighted by atomic mass is 127. The first kappa shape index (κ1) is 24.5. The minimum absolute atomic E-state index is 0. The number of hydrogen-bond donors (Lipinski definition) is 1. The van der Waals surface area contributed by atoms with Gasteiger partial charge in [0.2, 0.25) is 0 Å². The number of aryl methyl sites for hydroxylation is 1. The molecular weight excluding hydrogens is 501 g/mol. The van der Waals surface area contributed by atoms with Crippen molar-refractivity contribution >= 4 is 29.9 Å². The predicted octanol–water partition coefficient (Wildman–Crippen LogP) is 3.06. The van der Waals surface area contributed by atoms with E-state index < -0.39 is 17.7 Å². The molecule has 1 N–H and O–H groups in total. The summed E-state index contributed by atoms with van der Waals surface area (Å²) in [6.07, 6.45) is 6.04. The SMILES string of the molecule is CN=C(NCC(c1c(F)cccc1F)N(C)C)N1CCC(Cc2cnn(C)c2)C1.I. The van der Waals surface area contributed by atoms with E-state index in [0.29, 0.717) is 12.5 Å². The smallest absolute Gasteiger partial charge is 0.193 e. The first-order valence-electron chi connectivity index (χ1n) is 9.92. The second-order valence-electron chi connectivity index (χ2n) is 7.87. The monoisotopic (exact) mass is 532 g/mol. The van der Waals surface area contributed by atoms with E-state index in [9.17, 15) is 8.78 Å². The second kappa shape index (κ2) is 11.0. The van der Waals surface area contributed by atoms with Crippen molar-refractivity contribution in [2.24, 2.45) is 18.0 Å². The third-order valence-electron chi connectivity index (χ3n) is 5.49. The van der Waals surface area contributed by atoms with Crippen molar-refractivity contribution in [2.75, 3.05) is 40.8 Å². The van der Waals surface area contributed by atoms with Gasteiger partial charge in [0.25, 0.3) is 0 Å². The number of halogens is 3. The molecule has 0 saturated carbocycles. The van der Waals surface area contributed by atoms with Crippen LogP contribution in [0, 0.1) is 17.6 Å². The highest BCUT2D eigenvalue weighted by Crippen LogP contribution is 2.25. The van der Waals surface area contributed by atoms with Crippen LogP contribution in [0.15, 0.2) is 35.6 Å². The number of nitrogens with one attached hydrogen (secondary N) is 1. The summed E-state index contributed by atoms with van der Waals surface area (Å²) in [6.45, 7) is 2.17. The molecule has 2 aromatic rings. The van der Waals surface area contributed by atoms with Gasteiger partial charge in [0.15, 0.2) is 5.96 Å². The Balaban J connectivity index is 0.00000320. The van der Waals surface area contributed by atoms with Crippen LogP contribution < -0.4 is 5.32 Å². The van der Waals surface area contributed by atoms with Gasteiger partial charge in [0.05, 0.1) is 12.2 Å². The van der Waals surface area contributed by atoms with Crippen molar-refractivity contribution in [3.05, 3.63) is 53.4 Å².